The van der Waals surface area contributed by atoms with Crippen LogP contribution in [0.3, 0.4) is 0 Å². The van der Waals surface area contributed by atoms with Crippen LogP contribution in [0.15, 0.2) is 12.1 Å². The zero-order valence-electron chi connectivity index (χ0n) is 11.4. The minimum absolute atomic E-state index is 0.372. The van der Waals surface area contributed by atoms with E-state index in [9.17, 15) is 4.79 Å². The Morgan fingerprint density at radius 2 is 1.89 bits per heavy atom. The monoisotopic (exact) mass is 267 g/mol. The van der Waals surface area contributed by atoms with Crippen LogP contribution in [0.1, 0.15) is 15.9 Å². The van der Waals surface area contributed by atoms with Gasteiger partial charge in [-0.1, -0.05) is 0 Å². The van der Waals surface area contributed by atoms with E-state index in [1.165, 1.54) is 7.11 Å². The Labute approximate surface area is 111 Å². The van der Waals surface area contributed by atoms with Crippen LogP contribution < -0.4 is 9.80 Å². The van der Waals surface area contributed by atoms with Gasteiger partial charge in [0.1, 0.15) is 12.3 Å². The first-order valence-corrected chi connectivity index (χ1v) is 5.75. The van der Waals surface area contributed by atoms with Crippen LogP contribution in [-0.2, 0) is 20.1 Å². The lowest BCUT2D eigenvalue weighted by Gasteiger charge is -2.26. The highest BCUT2D eigenvalue weighted by Gasteiger charge is 2.45. The second-order valence-electron chi connectivity index (χ2n) is 4.11. The molecule has 0 aliphatic carbocycles. The van der Waals surface area contributed by atoms with Gasteiger partial charge in [-0.2, -0.15) is 0 Å². The van der Waals surface area contributed by atoms with E-state index in [4.69, 9.17) is 19.0 Å². The first-order valence-electron chi connectivity index (χ1n) is 5.75. The first-order chi connectivity index (χ1) is 9.15. The molecule has 19 heavy (non-hydrogen) atoms. The maximum atomic E-state index is 11.1. The van der Waals surface area contributed by atoms with Gasteiger partial charge in [-0.05, 0) is 6.07 Å². The molecule has 0 fully saturated rings. The van der Waals surface area contributed by atoms with Crippen LogP contribution in [0.2, 0.25) is 0 Å². The average molecular weight is 267 g/mol. The third-order valence-electron chi connectivity index (χ3n) is 3.39. The normalized spacial score (nSPS) is 16.3. The van der Waals surface area contributed by atoms with Gasteiger partial charge in [0.05, 0.1) is 25.5 Å². The number of nitrogens with zero attached hydrogens (tertiary/aromatic N) is 1. The quantitative estimate of drug-likeness (QED) is 0.592. The molecular formula is C13H17NO5. The molecule has 0 aromatic heterocycles. The van der Waals surface area contributed by atoms with Crippen LogP contribution in [0.5, 0.6) is 5.75 Å². The lowest BCUT2D eigenvalue weighted by molar-refractivity contribution is -0.207. The molecule has 1 aromatic rings. The number of anilines is 1. The highest BCUT2D eigenvalue weighted by Crippen LogP contribution is 2.44. The van der Waals surface area contributed by atoms with Crippen molar-refractivity contribution in [3.05, 3.63) is 23.3 Å². The summed E-state index contributed by atoms with van der Waals surface area (Å²) in [6, 6.07) is 3.44. The first kappa shape index (κ1) is 13.8. The highest BCUT2D eigenvalue weighted by molar-refractivity contribution is 5.83. The molecule has 0 spiro atoms. The molecule has 0 bridgehead atoms. The fourth-order valence-electron chi connectivity index (χ4n) is 2.32. The summed E-state index contributed by atoms with van der Waals surface area (Å²) in [5.74, 6) is -0.464. The fraction of sp³-hybridized carbons (Fsp3) is 0.462. The predicted octanol–water partition coefficient (Wildman–Crippen LogP) is 1.33. The largest absolute Gasteiger partial charge is 0.496 e. The van der Waals surface area contributed by atoms with Crippen molar-refractivity contribution >= 4 is 12.0 Å². The van der Waals surface area contributed by atoms with Crippen LogP contribution in [-0.4, -0.2) is 41.3 Å². The second-order valence-corrected chi connectivity index (χ2v) is 4.11. The summed E-state index contributed by atoms with van der Waals surface area (Å²) in [7, 11) is 6.18. The molecule has 0 atom stereocenters. The van der Waals surface area contributed by atoms with Gasteiger partial charge in [0.2, 0.25) is 5.79 Å². The number of benzene rings is 1. The van der Waals surface area contributed by atoms with Crippen LogP contribution in [0.25, 0.3) is 0 Å². The number of rotatable bonds is 5. The van der Waals surface area contributed by atoms with Crippen molar-refractivity contribution in [3.8, 4) is 5.75 Å². The summed E-state index contributed by atoms with van der Waals surface area (Å²) in [4.78, 5) is 16.4. The molecule has 1 heterocycles. The minimum atomic E-state index is -0.949. The van der Waals surface area contributed by atoms with E-state index >= 15 is 0 Å². The van der Waals surface area contributed by atoms with Crippen molar-refractivity contribution < 1.29 is 23.8 Å². The Hall–Kier alpha value is -1.63. The summed E-state index contributed by atoms with van der Waals surface area (Å²) in [6.07, 6.45) is 0.741. The van der Waals surface area contributed by atoms with Crippen molar-refractivity contribution in [1.82, 2.24) is 0 Å². The molecule has 1 aliphatic rings. The number of ether oxygens (including phenoxy) is 3. The Morgan fingerprint density at radius 3 is 2.37 bits per heavy atom. The van der Waals surface area contributed by atoms with E-state index in [2.05, 4.69) is 0 Å². The van der Waals surface area contributed by atoms with Gasteiger partial charge in [-0.15, -0.1) is 0 Å². The van der Waals surface area contributed by atoms with Gasteiger partial charge >= 0.3 is 0 Å². The lowest BCUT2D eigenvalue weighted by Crippen LogP contribution is -2.36. The number of hydroxylamine groups is 1. The molecule has 2 rings (SSSR count). The SMILES string of the molecule is COc1cc2c(cc1C=O)C(OC)(OC)CN2OC. The summed E-state index contributed by atoms with van der Waals surface area (Å²) in [5, 5.41) is 1.64. The number of fused-ring (bicyclic) bond motifs is 1. The number of carbonyl (C=O) groups is 1. The molecule has 104 valence electrons. The van der Waals surface area contributed by atoms with E-state index in [1.807, 2.05) is 0 Å². The summed E-state index contributed by atoms with van der Waals surface area (Å²) < 4.78 is 16.2. The van der Waals surface area contributed by atoms with Crippen LogP contribution >= 0.6 is 0 Å². The second kappa shape index (κ2) is 5.16. The fourth-order valence-corrected chi connectivity index (χ4v) is 2.32. The van der Waals surface area contributed by atoms with Gasteiger partial charge in [0.25, 0.3) is 0 Å². The topological polar surface area (TPSA) is 57.2 Å². The number of hydrogen-bond acceptors (Lipinski definition) is 6. The molecule has 0 saturated heterocycles. The molecule has 1 aromatic carbocycles. The summed E-state index contributed by atoms with van der Waals surface area (Å²) >= 11 is 0. The van der Waals surface area contributed by atoms with Crippen molar-refractivity contribution in [3.63, 3.8) is 0 Å². The van der Waals surface area contributed by atoms with E-state index in [-0.39, 0.29) is 0 Å². The van der Waals surface area contributed by atoms with Gasteiger partial charge in [-0.3, -0.25) is 9.63 Å². The Morgan fingerprint density at radius 1 is 1.21 bits per heavy atom. The summed E-state index contributed by atoms with van der Waals surface area (Å²) in [6.45, 7) is 0.372. The van der Waals surface area contributed by atoms with Gasteiger partial charge in [0.15, 0.2) is 6.29 Å². The van der Waals surface area contributed by atoms with Gasteiger partial charge < -0.3 is 14.2 Å². The number of carbonyl (C=O) groups excluding carboxylic acids is 1. The third kappa shape index (κ3) is 1.98. The average Bonchev–Trinajstić information content (AvgIpc) is 2.79. The highest BCUT2D eigenvalue weighted by atomic mass is 16.7. The molecule has 0 amide bonds. The number of aldehydes is 1. The summed E-state index contributed by atoms with van der Waals surface area (Å²) in [5.41, 5.74) is 1.94. The zero-order valence-corrected chi connectivity index (χ0v) is 11.4. The Balaban J connectivity index is 2.64. The Bertz CT molecular complexity index is 484. The van der Waals surface area contributed by atoms with Crippen molar-refractivity contribution in [1.29, 1.82) is 0 Å². The zero-order chi connectivity index (χ0) is 14.0. The molecule has 0 unspecified atom stereocenters. The smallest absolute Gasteiger partial charge is 0.217 e. The standard InChI is InChI=1S/C13H17NO5/c1-16-12-6-11-10(5-9(12)7-15)13(17-2,18-3)8-14(11)19-4/h5-7H,8H2,1-4H3. The molecular weight excluding hydrogens is 250 g/mol. The minimum Gasteiger partial charge on any atom is -0.496 e. The van der Waals surface area contributed by atoms with Crippen molar-refractivity contribution in [2.45, 2.75) is 5.79 Å². The molecule has 6 heteroatoms. The van der Waals surface area contributed by atoms with Gasteiger partial charge in [-0.25, -0.2) is 5.06 Å². The molecule has 6 nitrogen and oxygen atoms in total. The molecule has 0 radical (unpaired) electrons. The molecule has 0 N–H and O–H groups in total. The van der Waals surface area contributed by atoms with E-state index in [0.717, 1.165) is 17.5 Å². The maximum Gasteiger partial charge on any atom is 0.217 e. The van der Waals surface area contributed by atoms with Gasteiger partial charge in [0, 0.05) is 25.8 Å². The molecule has 0 saturated carbocycles. The predicted molar refractivity (Wildman–Crippen MR) is 68.4 cm³/mol. The van der Waals surface area contributed by atoms with E-state index < -0.39 is 5.79 Å². The number of methoxy groups -OCH3 is 3. The Kier molecular flexibility index (Phi) is 3.75. The van der Waals surface area contributed by atoms with Crippen LogP contribution in [0, 0.1) is 0 Å². The van der Waals surface area contributed by atoms with E-state index in [1.54, 1.807) is 38.5 Å². The van der Waals surface area contributed by atoms with Crippen LogP contribution in [0.4, 0.5) is 5.69 Å². The number of hydrogen-bond donors (Lipinski definition) is 0. The molecule has 1 aliphatic heterocycles. The van der Waals surface area contributed by atoms with Crippen molar-refractivity contribution in [2.24, 2.45) is 0 Å². The lowest BCUT2D eigenvalue weighted by atomic mass is 10.0. The van der Waals surface area contributed by atoms with Crippen molar-refractivity contribution in [2.75, 3.05) is 40.0 Å². The maximum absolute atomic E-state index is 11.1. The van der Waals surface area contributed by atoms with E-state index in [0.29, 0.717) is 17.9 Å². The third-order valence-corrected chi connectivity index (χ3v) is 3.39.